The van der Waals surface area contributed by atoms with E-state index in [0.717, 1.165) is 6.61 Å². The van der Waals surface area contributed by atoms with Gasteiger partial charge in [-0.1, -0.05) is 13.0 Å². The number of carbonyl (C=O) groups is 1. The summed E-state index contributed by atoms with van der Waals surface area (Å²) < 4.78 is 9.70. The number of hydrogen-bond donors (Lipinski definition) is 0. The van der Waals surface area contributed by atoms with E-state index < -0.39 is 0 Å². The van der Waals surface area contributed by atoms with Crippen LogP contribution >= 0.6 is 0 Å². The summed E-state index contributed by atoms with van der Waals surface area (Å²) in [6.07, 6.45) is 4.43. The highest BCUT2D eigenvalue weighted by atomic mass is 16.6. The van der Waals surface area contributed by atoms with Crippen molar-refractivity contribution in [2.45, 2.75) is 19.4 Å². The molecule has 1 saturated heterocycles. The zero-order chi connectivity index (χ0) is 8.10. The van der Waals surface area contributed by atoms with Crippen molar-refractivity contribution < 1.29 is 14.3 Å². The number of rotatable bonds is 4. The van der Waals surface area contributed by atoms with E-state index in [9.17, 15) is 4.79 Å². The van der Waals surface area contributed by atoms with Crippen molar-refractivity contribution in [2.75, 3.05) is 13.2 Å². The summed E-state index contributed by atoms with van der Waals surface area (Å²) in [5, 5.41) is 0. The normalized spacial score (nSPS) is 22.1. The van der Waals surface area contributed by atoms with E-state index in [1.807, 2.05) is 12.2 Å². The fraction of sp³-hybridized carbons (Fsp3) is 0.625. The number of hydrogen-bond acceptors (Lipinski definition) is 3. The Kier molecular flexibility index (Phi) is 3.11. The smallest absolute Gasteiger partial charge is 0.305 e. The zero-order valence-corrected chi connectivity index (χ0v) is 6.58. The first-order valence-corrected chi connectivity index (χ1v) is 3.77. The molecule has 1 atom stereocenters. The summed E-state index contributed by atoms with van der Waals surface area (Å²) in [6.45, 7) is 2.95. The van der Waals surface area contributed by atoms with Gasteiger partial charge in [0.15, 0.2) is 0 Å². The minimum absolute atomic E-state index is 0.161. The van der Waals surface area contributed by atoms with Crippen LogP contribution in [0.3, 0.4) is 0 Å². The number of ether oxygens (including phenoxy) is 2. The molecule has 0 aromatic carbocycles. The maximum Gasteiger partial charge on any atom is 0.305 e. The first-order chi connectivity index (χ1) is 5.33. The topological polar surface area (TPSA) is 38.8 Å². The molecule has 0 aromatic rings. The lowest BCUT2D eigenvalue weighted by molar-refractivity contribution is -0.141. The van der Waals surface area contributed by atoms with Crippen LogP contribution in [0.1, 0.15) is 13.3 Å². The Morgan fingerprint density at radius 2 is 2.55 bits per heavy atom. The second-order valence-electron chi connectivity index (χ2n) is 2.34. The highest BCUT2D eigenvalue weighted by Gasteiger charge is 2.17. The first-order valence-electron chi connectivity index (χ1n) is 3.77. The average Bonchev–Trinajstić information content (AvgIpc) is 2.81. The molecule has 1 rings (SSSR count). The van der Waals surface area contributed by atoms with Crippen LogP contribution in [0.2, 0.25) is 0 Å². The fourth-order valence-electron chi connectivity index (χ4n) is 0.617. The van der Waals surface area contributed by atoms with E-state index in [4.69, 9.17) is 9.47 Å². The van der Waals surface area contributed by atoms with Gasteiger partial charge in [0.05, 0.1) is 12.7 Å². The zero-order valence-electron chi connectivity index (χ0n) is 6.58. The van der Waals surface area contributed by atoms with Crippen molar-refractivity contribution in [3.8, 4) is 0 Å². The molecule has 11 heavy (non-hydrogen) atoms. The molecule has 1 aliphatic heterocycles. The largest absolute Gasteiger partial charge is 0.461 e. The lowest BCUT2D eigenvalue weighted by Crippen LogP contribution is -2.01. The van der Waals surface area contributed by atoms with Gasteiger partial charge < -0.3 is 9.47 Å². The van der Waals surface area contributed by atoms with Gasteiger partial charge in [0.1, 0.15) is 6.61 Å². The Balaban J connectivity index is 1.98. The molecule has 1 aliphatic rings. The Morgan fingerprint density at radius 3 is 3.09 bits per heavy atom. The molecule has 0 spiro atoms. The third-order valence-corrected chi connectivity index (χ3v) is 1.34. The van der Waals surface area contributed by atoms with Crippen LogP contribution in [0.15, 0.2) is 12.2 Å². The number of esters is 1. The van der Waals surface area contributed by atoms with Crippen LogP contribution in [0.5, 0.6) is 0 Å². The molecular formula is C8H12O3. The predicted octanol–water partition coefficient (Wildman–Crippen LogP) is 0.895. The van der Waals surface area contributed by atoms with Crippen molar-refractivity contribution >= 4 is 5.97 Å². The van der Waals surface area contributed by atoms with Gasteiger partial charge in [0.25, 0.3) is 0 Å². The monoisotopic (exact) mass is 156 g/mol. The molecule has 0 saturated carbocycles. The summed E-state index contributed by atoms with van der Waals surface area (Å²) in [6, 6.07) is 0. The van der Waals surface area contributed by atoms with Crippen molar-refractivity contribution in [2.24, 2.45) is 0 Å². The van der Waals surface area contributed by atoms with Gasteiger partial charge in [0.2, 0.25) is 0 Å². The Morgan fingerprint density at radius 1 is 1.82 bits per heavy atom. The van der Waals surface area contributed by atoms with Gasteiger partial charge in [0, 0.05) is 6.42 Å². The maximum absolute atomic E-state index is 10.6. The van der Waals surface area contributed by atoms with Gasteiger partial charge in [-0.2, -0.15) is 0 Å². The highest BCUT2D eigenvalue weighted by molar-refractivity contribution is 5.68. The fourth-order valence-corrected chi connectivity index (χ4v) is 0.617. The summed E-state index contributed by atoms with van der Waals surface area (Å²) >= 11 is 0. The molecule has 1 unspecified atom stereocenters. The molecule has 1 heterocycles. The number of carbonyl (C=O) groups excluding carboxylic acids is 1. The van der Waals surface area contributed by atoms with Crippen LogP contribution in [-0.2, 0) is 14.3 Å². The molecule has 3 nitrogen and oxygen atoms in total. The molecular weight excluding hydrogens is 144 g/mol. The third kappa shape index (κ3) is 3.78. The molecule has 0 amide bonds. The average molecular weight is 156 g/mol. The second-order valence-corrected chi connectivity index (χ2v) is 2.34. The van der Waals surface area contributed by atoms with Gasteiger partial charge in [-0.3, -0.25) is 4.79 Å². The summed E-state index contributed by atoms with van der Waals surface area (Å²) in [7, 11) is 0. The molecule has 62 valence electrons. The molecule has 0 bridgehead atoms. The Bertz CT molecular complexity index is 159. The lowest BCUT2D eigenvalue weighted by atomic mass is 10.4. The first kappa shape index (κ1) is 8.27. The van der Waals surface area contributed by atoms with E-state index in [1.165, 1.54) is 0 Å². The minimum atomic E-state index is -0.161. The Labute approximate surface area is 66.0 Å². The van der Waals surface area contributed by atoms with Gasteiger partial charge >= 0.3 is 5.97 Å². The second kappa shape index (κ2) is 4.13. The Hall–Kier alpha value is -0.830. The molecule has 0 radical (unpaired) electrons. The van der Waals surface area contributed by atoms with Crippen LogP contribution < -0.4 is 0 Å². The summed E-state index contributed by atoms with van der Waals surface area (Å²) in [4.78, 5) is 10.6. The molecule has 3 heteroatoms. The molecule has 0 N–H and O–H groups in total. The van der Waals surface area contributed by atoms with Crippen LogP contribution in [0, 0.1) is 0 Å². The van der Waals surface area contributed by atoms with Gasteiger partial charge in [-0.25, -0.2) is 0 Å². The third-order valence-electron chi connectivity index (χ3n) is 1.34. The molecule has 1 fully saturated rings. The predicted molar refractivity (Wildman–Crippen MR) is 40.1 cm³/mol. The van der Waals surface area contributed by atoms with Crippen LogP contribution in [0.25, 0.3) is 0 Å². The number of epoxide rings is 1. The SMILES string of the molecule is CCC(=O)OCC=CC1CO1. The van der Waals surface area contributed by atoms with Crippen molar-refractivity contribution in [1.29, 1.82) is 0 Å². The quantitative estimate of drug-likeness (QED) is 0.345. The van der Waals surface area contributed by atoms with Crippen molar-refractivity contribution in [1.82, 2.24) is 0 Å². The van der Waals surface area contributed by atoms with Crippen molar-refractivity contribution in [3.63, 3.8) is 0 Å². The van der Waals surface area contributed by atoms with E-state index >= 15 is 0 Å². The maximum atomic E-state index is 10.6. The standard InChI is InChI=1S/C8H12O3/c1-2-8(9)10-5-3-4-7-6-11-7/h3-4,7H,2,5-6H2,1H3. The van der Waals surface area contributed by atoms with Gasteiger partial charge in [-0.15, -0.1) is 0 Å². The lowest BCUT2D eigenvalue weighted by Gasteiger charge is -1.96. The molecule has 0 aromatic heterocycles. The van der Waals surface area contributed by atoms with E-state index in [0.29, 0.717) is 13.0 Å². The minimum Gasteiger partial charge on any atom is -0.461 e. The summed E-state index contributed by atoms with van der Waals surface area (Å²) in [5.74, 6) is -0.161. The van der Waals surface area contributed by atoms with E-state index in [1.54, 1.807) is 6.92 Å². The van der Waals surface area contributed by atoms with Crippen LogP contribution in [-0.4, -0.2) is 25.3 Å². The van der Waals surface area contributed by atoms with E-state index in [2.05, 4.69) is 0 Å². The van der Waals surface area contributed by atoms with Crippen molar-refractivity contribution in [3.05, 3.63) is 12.2 Å². The van der Waals surface area contributed by atoms with E-state index in [-0.39, 0.29) is 12.1 Å². The summed E-state index contributed by atoms with van der Waals surface area (Å²) in [5.41, 5.74) is 0. The molecule has 0 aliphatic carbocycles. The van der Waals surface area contributed by atoms with Crippen LogP contribution in [0.4, 0.5) is 0 Å². The van der Waals surface area contributed by atoms with Gasteiger partial charge in [-0.05, 0) is 6.08 Å². The highest BCUT2D eigenvalue weighted by Crippen LogP contribution is 2.09.